The molecule has 0 bridgehead atoms. The quantitative estimate of drug-likeness (QED) is 0.103. The number of esters is 4. The smallest absolute Gasteiger partial charge is 0.336 e. The summed E-state index contributed by atoms with van der Waals surface area (Å²) in [5, 5.41) is 0. The van der Waals surface area contributed by atoms with Crippen LogP contribution in [0.4, 0.5) is 0 Å². The SMILES string of the molecule is C=C(C)C(=O)OCCCCCC(=O)OCCn1c(=O)n(CCOC(=O)C(=C)C)c(=O)n(CCOC(=O)C(=C)C)c1=O. The molecule has 0 aromatic carbocycles. The van der Waals surface area contributed by atoms with E-state index in [0.717, 1.165) is 0 Å². The maximum absolute atomic E-state index is 13.0. The minimum absolute atomic E-state index is 0.0647. The molecular weight excluding hydrogens is 542 g/mol. The molecule has 0 aliphatic heterocycles. The molecule has 0 aliphatic rings. The molecule has 0 saturated carbocycles. The summed E-state index contributed by atoms with van der Waals surface area (Å²) in [7, 11) is 0. The van der Waals surface area contributed by atoms with Gasteiger partial charge in [0.05, 0.1) is 26.2 Å². The van der Waals surface area contributed by atoms with Gasteiger partial charge in [-0.15, -0.1) is 0 Å². The fourth-order valence-corrected chi connectivity index (χ4v) is 3.12. The summed E-state index contributed by atoms with van der Waals surface area (Å²) >= 11 is 0. The van der Waals surface area contributed by atoms with Crippen molar-refractivity contribution in [3.63, 3.8) is 0 Å². The lowest BCUT2D eigenvalue weighted by Crippen LogP contribution is -2.55. The van der Waals surface area contributed by atoms with Crippen LogP contribution in [0.25, 0.3) is 0 Å². The second-order valence-corrected chi connectivity index (χ2v) is 9.08. The van der Waals surface area contributed by atoms with E-state index in [0.29, 0.717) is 38.5 Å². The van der Waals surface area contributed by atoms with Gasteiger partial charge >= 0.3 is 40.9 Å². The van der Waals surface area contributed by atoms with E-state index in [2.05, 4.69) is 19.7 Å². The summed E-state index contributed by atoms with van der Waals surface area (Å²) in [6.07, 6.45) is 1.67. The van der Waals surface area contributed by atoms with Gasteiger partial charge in [0.1, 0.15) is 19.8 Å². The Morgan fingerprint density at radius 3 is 1.24 bits per heavy atom. The summed E-state index contributed by atoms with van der Waals surface area (Å²) < 4.78 is 22.1. The van der Waals surface area contributed by atoms with Gasteiger partial charge in [-0.05, 0) is 40.0 Å². The first kappa shape index (κ1) is 34.5. The third kappa shape index (κ3) is 11.6. The molecule has 0 N–H and O–H groups in total. The minimum atomic E-state index is -1.00. The molecule has 1 rings (SSSR count). The van der Waals surface area contributed by atoms with Crippen molar-refractivity contribution in [1.29, 1.82) is 0 Å². The Morgan fingerprint density at radius 2 is 0.878 bits per heavy atom. The third-order valence-electron chi connectivity index (χ3n) is 5.36. The third-order valence-corrected chi connectivity index (χ3v) is 5.36. The first-order valence-electron chi connectivity index (χ1n) is 12.9. The molecule has 1 heterocycles. The zero-order valence-corrected chi connectivity index (χ0v) is 23.7. The van der Waals surface area contributed by atoms with Crippen LogP contribution in [-0.4, -0.2) is 64.0 Å². The number of hydrogen-bond acceptors (Lipinski definition) is 11. The van der Waals surface area contributed by atoms with E-state index in [1.54, 1.807) is 6.92 Å². The second-order valence-electron chi connectivity index (χ2n) is 9.08. The van der Waals surface area contributed by atoms with E-state index in [4.69, 9.17) is 18.9 Å². The van der Waals surface area contributed by atoms with E-state index < -0.39 is 40.9 Å². The van der Waals surface area contributed by atoms with Gasteiger partial charge in [0.15, 0.2) is 0 Å². The molecule has 0 saturated heterocycles. The highest BCUT2D eigenvalue weighted by molar-refractivity contribution is 5.87. The van der Waals surface area contributed by atoms with Gasteiger partial charge in [0.2, 0.25) is 0 Å². The van der Waals surface area contributed by atoms with E-state index in [1.807, 2.05) is 0 Å². The summed E-state index contributed by atoms with van der Waals surface area (Å²) in [6, 6.07) is 0. The number of hydrogen-bond donors (Lipinski definition) is 0. The number of carbonyl (C=O) groups excluding carboxylic acids is 4. The van der Waals surface area contributed by atoms with Crippen LogP contribution in [0, 0.1) is 0 Å². The molecule has 14 heteroatoms. The average Bonchev–Trinajstić information content (AvgIpc) is 2.91. The lowest BCUT2D eigenvalue weighted by Gasteiger charge is -2.14. The van der Waals surface area contributed by atoms with E-state index in [-0.39, 0.29) is 63.6 Å². The van der Waals surface area contributed by atoms with Crippen molar-refractivity contribution in [1.82, 2.24) is 13.7 Å². The Hall–Kier alpha value is -4.49. The summed E-state index contributed by atoms with van der Waals surface area (Å²) in [5.41, 5.74) is -2.46. The van der Waals surface area contributed by atoms with E-state index in [9.17, 15) is 33.6 Å². The van der Waals surface area contributed by atoms with Gasteiger partial charge in [-0.2, -0.15) is 0 Å². The number of aromatic nitrogens is 3. The maximum atomic E-state index is 13.0. The van der Waals surface area contributed by atoms with Crippen LogP contribution in [0.3, 0.4) is 0 Å². The Balaban J connectivity index is 2.89. The molecular formula is C27H37N3O11. The fourth-order valence-electron chi connectivity index (χ4n) is 3.12. The highest BCUT2D eigenvalue weighted by Gasteiger charge is 2.17. The largest absolute Gasteiger partial charge is 0.464 e. The van der Waals surface area contributed by atoms with Crippen LogP contribution in [0.15, 0.2) is 50.8 Å². The van der Waals surface area contributed by atoms with Crippen LogP contribution < -0.4 is 17.1 Å². The van der Waals surface area contributed by atoms with Crippen molar-refractivity contribution < 1.29 is 38.1 Å². The lowest BCUT2D eigenvalue weighted by atomic mass is 10.2. The van der Waals surface area contributed by atoms with Crippen molar-refractivity contribution in [3.8, 4) is 0 Å². The van der Waals surface area contributed by atoms with Crippen LogP contribution in [0.2, 0.25) is 0 Å². The van der Waals surface area contributed by atoms with E-state index >= 15 is 0 Å². The standard InChI is InChI=1S/C27H37N3O11/c1-18(2)22(32)39-14-9-7-8-10-21(31)38-15-11-28-25(35)29(12-16-40-23(33)19(3)4)27(37)30(26(28)36)13-17-41-24(34)20(5)6/h1,3,5,7-17H2,2,4,6H3. The highest BCUT2D eigenvalue weighted by Crippen LogP contribution is 2.03. The normalized spacial score (nSPS) is 10.4. The van der Waals surface area contributed by atoms with Gasteiger partial charge < -0.3 is 18.9 Å². The van der Waals surface area contributed by atoms with Crippen molar-refractivity contribution in [2.75, 3.05) is 26.4 Å². The van der Waals surface area contributed by atoms with Crippen LogP contribution in [-0.2, 0) is 57.8 Å². The monoisotopic (exact) mass is 579 g/mol. The fraction of sp³-hybridized carbons (Fsp3) is 0.519. The molecule has 0 fully saturated rings. The topological polar surface area (TPSA) is 171 Å². The molecule has 1 aromatic heterocycles. The van der Waals surface area contributed by atoms with Crippen molar-refractivity contribution in [2.45, 2.75) is 66.1 Å². The summed E-state index contributed by atoms with van der Waals surface area (Å²) in [5.74, 6) is -2.49. The predicted molar refractivity (Wildman–Crippen MR) is 146 cm³/mol. The zero-order chi connectivity index (χ0) is 31.1. The lowest BCUT2D eigenvalue weighted by molar-refractivity contribution is -0.144. The molecule has 0 spiro atoms. The van der Waals surface area contributed by atoms with Crippen LogP contribution in [0.5, 0.6) is 0 Å². The summed E-state index contributed by atoms with van der Waals surface area (Å²) in [4.78, 5) is 85.6. The Bertz CT molecular complexity index is 1280. The summed E-state index contributed by atoms with van der Waals surface area (Å²) in [6.45, 7) is 12.8. The molecule has 0 aliphatic carbocycles. The van der Waals surface area contributed by atoms with Crippen LogP contribution >= 0.6 is 0 Å². The van der Waals surface area contributed by atoms with Gasteiger partial charge in [-0.25, -0.2) is 42.5 Å². The van der Waals surface area contributed by atoms with Gasteiger partial charge in [0.25, 0.3) is 0 Å². The minimum Gasteiger partial charge on any atom is -0.464 e. The van der Waals surface area contributed by atoms with E-state index in [1.165, 1.54) is 13.8 Å². The second kappa shape index (κ2) is 17.3. The van der Waals surface area contributed by atoms with Crippen molar-refractivity contribution >= 4 is 23.9 Å². The first-order chi connectivity index (χ1) is 19.3. The number of rotatable bonds is 18. The highest BCUT2D eigenvalue weighted by atomic mass is 16.5. The Labute approximate surface area is 236 Å². The molecule has 0 unspecified atom stereocenters. The Morgan fingerprint density at radius 1 is 0.537 bits per heavy atom. The molecule has 1 aromatic rings. The van der Waals surface area contributed by atoms with Gasteiger partial charge in [0, 0.05) is 23.1 Å². The van der Waals surface area contributed by atoms with Crippen LogP contribution in [0.1, 0.15) is 46.5 Å². The molecule has 0 radical (unpaired) electrons. The number of ether oxygens (including phenoxy) is 4. The Kier molecular flexibility index (Phi) is 14.5. The number of nitrogens with zero attached hydrogens (tertiary/aromatic N) is 3. The van der Waals surface area contributed by atoms with Gasteiger partial charge in [-0.1, -0.05) is 19.7 Å². The zero-order valence-electron chi connectivity index (χ0n) is 23.7. The predicted octanol–water partition coefficient (Wildman–Crippen LogP) is 0.633. The van der Waals surface area contributed by atoms with Crippen molar-refractivity contribution in [2.24, 2.45) is 0 Å². The average molecular weight is 580 g/mol. The molecule has 0 atom stereocenters. The number of carbonyl (C=O) groups is 4. The van der Waals surface area contributed by atoms with Crippen molar-refractivity contribution in [3.05, 3.63) is 67.9 Å². The number of unbranched alkanes of at least 4 members (excludes halogenated alkanes) is 2. The molecule has 226 valence electrons. The molecule has 14 nitrogen and oxygen atoms in total. The molecule has 0 amide bonds. The first-order valence-corrected chi connectivity index (χ1v) is 12.9. The molecule has 41 heavy (non-hydrogen) atoms. The van der Waals surface area contributed by atoms with Gasteiger partial charge in [-0.3, -0.25) is 4.79 Å². The maximum Gasteiger partial charge on any atom is 0.336 e.